The molecule has 0 atom stereocenters. The van der Waals surface area contributed by atoms with Crippen molar-refractivity contribution in [2.75, 3.05) is 9.80 Å². The number of imidazole rings is 4. The number of aromatic nitrogens is 10. The molecule has 96 heavy (non-hydrogen) atoms. The van der Waals surface area contributed by atoms with E-state index < -0.39 is 0 Å². The summed E-state index contributed by atoms with van der Waals surface area (Å²) in [7, 11) is 0. The molecule has 0 aliphatic rings. The Labute approximate surface area is 550 Å². The molecule has 0 aliphatic carbocycles. The summed E-state index contributed by atoms with van der Waals surface area (Å²) >= 11 is 0. The molecule has 454 valence electrons. The fourth-order valence-corrected chi connectivity index (χ4v) is 14.1. The normalized spacial score (nSPS) is 11.9. The van der Waals surface area contributed by atoms with Crippen LogP contribution in [-0.2, 0) is 0 Å². The predicted molar refractivity (Wildman–Crippen MR) is 394 cm³/mol. The molecule has 6 aromatic heterocycles. The van der Waals surface area contributed by atoms with Gasteiger partial charge in [0.05, 0.1) is 66.2 Å². The van der Waals surface area contributed by atoms with E-state index in [9.17, 15) is 0 Å². The molecule has 0 fully saturated rings. The van der Waals surface area contributed by atoms with Crippen molar-refractivity contribution in [2.45, 2.75) is 13.8 Å². The number of para-hydroxylation sites is 8. The molecule has 13 aromatic carbocycles. The Kier molecular flexibility index (Phi) is 12.4. The summed E-state index contributed by atoms with van der Waals surface area (Å²) in [6, 6.07) is 104. The Morgan fingerprint density at radius 3 is 0.729 bits per heavy atom. The minimum Gasteiger partial charge on any atom is -0.338 e. The number of H-pyrrole nitrogens is 4. The van der Waals surface area contributed by atoms with Crippen molar-refractivity contribution in [3.05, 3.63) is 302 Å². The van der Waals surface area contributed by atoms with Crippen molar-refractivity contribution < 1.29 is 0 Å². The summed E-state index contributed by atoms with van der Waals surface area (Å²) in [5.74, 6) is 3.33. The Morgan fingerprint density at radius 1 is 0.250 bits per heavy atom. The number of hydrogen-bond acceptors (Lipinski definition) is 6. The van der Waals surface area contributed by atoms with Gasteiger partial charge in [-0.3, -0.25) is 0 Å². The van der Waals surface area contributed by atoms with Gasteiger partial charge in [-0.15, -0.1) is 0 Å². The van der Waals surface area contributed by atoms with Crippen LogP contribution in [0.5, 0.6) is 0 Å². The lowest BCUT2D eigenvalue weighted by Gasteiger charge is -2.28. The van der Waals surface area contributed by atoms with Gasteiger partial charge in [0, 0.05) is 89.3 Å². The topological polar surface area (TPSA) is 131 Å². The average Bonchev–Trinajstić information content (AvgIpc) is 1.58. The lowest BCUT2D eigenvalue weighted by Crippen LogP contribution is -2.12. The molecular formula is C84H58N12. The van der Waals surface area contributed by atoms with E-state index in [-0.39, 0.29) is 0 Å². The van der Waals surface area contributed by atoms with Crippen LogP contribution in [0.3, 0.4) is 0 Å². The first-order valence-corrected chi connectivity index (χ1v) is 32.3. The van der Waals surface area contributed by atoms with Gasteiger partial charge in [0.25, 0.3) is 0 Å². The van der Waals surface area contributed by atoms with Crippen molar-refractivity contribution in [1.29, 1.82) is 0 Å². The van der Waals surface area contributed by atoms with Crippen molar-refractivity contribution in [1.82, 2.24) is 49.0 Å². The second-order valence-corrected chi connectivity index (χ2v) is 24.9. The molecule has 4 N–H and O–H groups in total. The Bertz CT molecular complexity index is 5440. The van der Waals surface area contributed by atoms with Crippen LogP contribution < -0.4 is 9.80 Å². The molecule has 19 rings (SSSR count). The third-order valence-corrected chi connectivity index (χ3v) is 18.9. The van der Waals surface area contributed by atoms with E-state index in [1.54, 1.807) is 0 Å². The Morgan fingerprint density at radius 2 is 0.479 bits per heavy atom. The summed E-state index contributed by atoms with van der Waals surface area (Å²) in [4.78, 5) is 39.0. The number of hydrogen-bond donors (Lipinski definition) is 4. The van der Waals surface area contributed by atoms with Gasteiger partial charge in [0.2, 0.25) is 0 Å². The fraction of sp³-hybridized carbons (Fsp3) is 0.0238. The monoisotopic (exact) mass is 1230 g/mol. The first-order valence-electron chi connectivity index (χ1n) is 32.3. The molecule has 0 radical (unpaired) electrons. The van der Waals surface area contributed by atoms with Crippen LogP contribution in [0.2, 0.25) is 0 Å². The zero-order valence-corrected chi connectivity index (χ0v) is 52.3. The van der Waals surface area contributed by atoms with E-state index in [0.29, 0.717) is 0 Å². The minimum absolute atomic E-state index is 0.834. The van der Waals surface area contributed by atoms with Crippen LogP contribution in [0, 0.1) is 13.8 Å². The minimum atomic E-state index is 0.834. The number of anilines is 6. The second-order valence-electron chi connectivity index (χ2n) is 24.9. The van der Waals surface area contributed by atoms with E-state index in [0.717, 1.165) is 179 Å². The number of rotatable bonds is 12. The molecule has 0 bridgehead atoms. The van der Waals surface area contributed by atoms with Gasteiger partial charge < -0.3 is 38.9 Å². The Balaban J connectivity index is 0.684. The standard InChI is InChI=1S/C84H58N12/c1-51-19-27-57(28-20-51)93(61-35-39-63(40-36-61)95-77-43-23-53(81-85-69-11-3-4-12-70(69)86-81)47-65(77)66-48-54(24-44-78(66)95)82-87-71-13-5-6-14-72(71)88-82)59-31-33-60(34-32-59)94(58-29-21-52(2)22-30-58)62-37-41-64(42-38-62)96-79-45-25-55(83-89-73-15-7-8-16-74(73)90-83)49-67(79)68-50-56(26-46-80(68)96)84-91-75-17-9-10-18-76(75)92-84/h3-50H,1-2H3,(H,85,86)(H,87,88)(H,89,90)(H,91,92). The summed E-state index contributed by atoms with van der Waals surface area (Å²) in [6.45, 7) is 4.27. The van der Waals surface area contributed by atoms with Gasteiger partial charge >= 0.3 is 0 Å². The molecule has 0 spiro atoms. The van der Waals surface area contributed by atoms with Gasteiger partial charge in [-0.2, -0.15) is 0 Å². The van der Waals surface area contributed by atoms with Crippen molar-refractivity contribution in [3.8, 4) is 56.9 Å². The lowest BCUT2D eigenvalue weighted by molar-refractivity contribution is 1.17. The van der Waals surface area contributed by atoms with E-state index in [4.69, 9.17) is 19.9 Å². The SMILES string of the molecule is Cc1ccc(N(c2ccc(N(c3ccc(C)cc3)c3ccc(-n4c5ccc(-c6nc7ccccc7[nH]6)cc5c5cc(-c6nc7ccccc7[nH]6)ccc54)cc3)cc2)c2ccc(-n3c4ccc(-c5nc6ccccc6[nH]5)cc4c4cc(-c5nc6ccccc6[nH]5)ccc43)cc2)cc1. The summed E-state index contributed by atoms with van der Waals surface area (Å²) in [6.07, 6.45) is 0. The highest BCUT2D eigenvalue weighted by Crippen LogP contribution is 2.44. The molecule has 0 saturated heterocycles. The van der Waals surface area contributed by atoms with E-state index >= 15 is 0 Å². The fourth-order valence-electron chi connectivity index (χ4n) is 14.1. The maximum atomic E-state index is 5.01. The van der Waals surface area contributed by atoms with Gasteiger partial charge in [-0.1, -0.05) is 83.9 Å². The maximum Gasteiger partial charge on any atom is 0.138 e. The van der Waals surface area contributed by atoms with Crippen molar-refractivity contribution >= 4 is 122 Å². The van der Waals surface area contributed by atoms with Crippen molar-refractivity contribution in [2.24, 2.45) is 0 Å². The number of aromatic amines is 4. The molecule has 6 heterocycles. The largest absolute Gasteiger partial charge is 0.338 e. The van der Waals surface area contributed by atoms with Crippen LogP contribution in [-0.4, -0.2) is 49.0 Å². The number of fused-ring (bicyclic) bond motifs is 10. The predicted octanol–water partition coefficient (Wildman–Crippen LogP) is 21.6. The molecule has 0 saturated carbocycles. The van der Waals surface area contributed by atoms with Gasteiger partial charge in [0.15, 0.2) is 0 Å². The van der Waals surface area contributed by atoms with Crippen LogP contribution >= 0.6 is 0 Å². The highest BCUT2D eigenvalue weighted by Gasteiger charge is 2.22. The second kappa shape index (κ2) is 21.8. The number of nitrogens with zero attached hydrogens (tertiary/aromatic N) is 8. The molecule has 0 amide bonds. The first kappa shape index (κ1) is 54.7. The van der Waals surface area contributed by atoms with E-state index in [2.05, 4.69) is 271 Å². The molecular weight excluding hydrogens is 1180 g/mol. The van der Waals surface area contributed by atoms with E-state index in [1.807, 2.05) is 72.8 Å². The molecule has 19 aromatic rings. The van der Waals surface area contributed by atoms with Crippen LogP contribution in [0.15, 0.2) is 291 Å². The smallest absolute Gasteiger partial charge is 0.138 e. The molecule has 0 unspecified atom stereocenters. The maximum absolute atomic E-state index is 5.01. The van der Waals surface area contributed by atoms with Gasteiger partial charge in [-0.05, 0) is 232 Å². The highest BCUT2D eigenvalue weighted by molar-refractivity contribution is 6.13. The Hall–Kier alpha value is -13.1. The van der Waals surface area contributed by atoms with Crippen molar-refractivity contribution in [3.63, 3.8) is 0 Å². The third-order valence-electron chi connectivity index (χ3n) is 18.9. The van der Waals surface area contributed by atoms with Gasteiger partial charge in [-0.25, -0.2) is 19.9 Å². The zero-order chi connectivity index (χ0) is 63.5. The lowest BCUT2D eigenvalue weighted by atomic mass is 10.1. The number of aryl methyl sites for hydroxylation is 2. The average molecular weight is 1240 g/mol. The van der Waals surface area contributed by atoms with Crippen LogP contribution in [0.25, 0.3) is 145 Å². The third kappa shape index (κ3) is 9.21. The summed E-state index contributed by atoms with van der Waals surface area (Å²) in [5.41, 5.74) is 26.9. The molecule has 12 nitrogen and oxygen atoms in total. The summed E-state index contributed by atoms with van der Waals surface area (Å²) in [5, 5.41) is 4.48. The molecule has 12 heteroatoms. The molecule has 0 aliphatic heterocycles. The highest BCUT2D eigenvalue weighted by atomic mass is 15.2. The summed E-state index contributed by atoms with van der Waals surface area (Å²) < 4.78 is 4.75. The van der Waals surface area contributed by atoms with Gasteiger partial charge in [0.1, 0.15) is 23.3 Å². The van der Waals surface area contributed by atoms with Crippen LogP contribution in [0.4, 0.5) is 34.1 Å². The quantitative estimate of drug-likeness (QED) is 0.0964. The van der Waals surface area contributed by atoms with Crippen LogP contribution in [0.1, 0.15) is 11.1 Å². The number of nitrogens with one attached hydrogen (secondary N) is 4. The van der Waals surface area contributed by atoms with E-state index in [1.165, 1.54) is 11.1 Å². The number of benzene rings is 13. The first-order chi connectivity index (χ1) is 47.3. The zero-order valence-electron chi connectivity index (χ0n) is 52.3.